The maximum absolute atomic E-state index is 9.52. The second-order valence-electron chi connectivity index (χ2n) is 4.97. The van der Waals surface area contributed by atoms with Crippen LogP contribution in [0.1, 0.15) is 38.4 Å². The number of aliphatic hydroxyl groups excluding tert-OH is 1. The van der Waals surface area contributed by atoms with Crippen LogP contribution in [0.3, 0.4) is 0 Å². The van der Waals surface area contributed by atoms with Gasteiger partial charge in [-0.25, -0.2) is 0 Å². The molecular weight excluding hydrogens is 226 g/mol. The summed E-state index contributed by atoms with van der Waals surface area (Å²) in [6, 6.07) is 8.21. The summed E-state index contributed by atoms with van der Waals surface area (Å²) in [6.07, 6.45) is 2.08. The molecule has 0 radical (unpaired) electrons. The smallest absolute Gasteiger partial charge is 0.0761 e. The third-order valence-corrected chi connectivity index (χ3v) is 3.55. The zero-order valence-corrected chi connectivity index (χ0v) is 11.3. The van der Waals surface area contributed by atoms with Crippen LogP contribution in [0.2, 0.25) is 0 Å². The molecule has 1 aromatic carbocycles. The Morgan fingerprint density at radius 1 is 1.39 bits per heavy atom. The van der Waals surface area contributed by atoms with Gasteiger partial charge in [0.2, 0.25) is 0 Å². The first-order valence-corrected chi connectivity index (χ1v) is 6.85. The molecule has 3 nitrogen and oxygen atoms in total. The van der Waals surface area contributed by atoms with Crippen molar-refractivity contribution >= 4 is 5.69 Å². The van der Waals surface area contributed by atoms with Crippen LogP contribution in [-0.4, -0.2) is 30.9 Å². The normalized spacial score (nSPS) is 22.6. The average molecular weight is 249 g/mol. The van der Waals surface area contributed by atoms with E-state index in [9.17, 15) is 5.11 Å². The molecule has 2 rings (SSSR count). The fraction of sp³-hybridized carbons (Fsp3) is 0.600. The van der Waals surface area contributed by atoms with Gasteiger partial charge in [0, 0.05) is 25.4 Å². The van der Waals surface area contributed by atoms with Crippen molar-refractivity contribution in [3.8, 4) is 0 Å². The molecule has 1 aliphatic heterocycles. The lowest BCUT2D eigenvalue weighted by Crippen LogP contribution is -2.31. The van der Waals surface area contributed by atoms with Gasteiger partial charge >= 0.3 is 0 Å². The Morgan fingerprint density at radius 3 is 2.72 bits per heavy atom. The highest BCUT2D eigenvalue weighted by molar-refractivity contribution is 5.48. The molecule has 18 heavy (non-hydrogen) atoms. The summed E-state index contributed by atoms with van der Waals surface area (Å²) < 4.78 is 5.78. The molecule has 0 saturated carbocycles. The molecule has 3 heteroatoms. The number of hydrogen-bond acceptors (Lipinski definition) is 3. The SMILES string of the molecule is CCC1CN(c2ccc([C@@H](C)O)cc2)CCCO1. The van der Waals surface area contributed by atoms with Crippen LogP contribution >= 0.6 is 0 Å². The topological polar surface area (TPSA) is 32.7 Å². The van der Waals surface area contributed by atoms with Crippen molar-refractivity contribution in [2.75, 3.05) is 24.6 Å². The van der Waals surface area contributed by atoms with Crippen LogP contribution in [-0.2, 0) is 4.74 Å². The van der Waals surface area contributed by atoms with Gasteiger partial charge in [-0.15, -0.1) is 0 Å². The van der Waals surface area contributed by atoms with E-state index in [1.807, 2.05) is 12.1 Å². The van der Waals surface area contributed by atoms with Gasteiger partial charge in [-0.05, 0) is 37.5 Å². The predicted octanol–water partition coefficient (Wildman–Crippen LogP) is 2.75. The highest BCUT2D eigenvalue weighted by atomic mass is 16.5. The first-order valence-electron chi connectivity index (χ1n) is 6.85. The van der Waals surface area contributed by atoms with Crippen molar-refractivity contribution in [2.45, 2.75) is 38.9 Å². The van der Waals surface area contributed by atoms with Crippen LogP contribution in [0.25, 0.3) is 0 Å². The number of rotatable bonds is 3. The average Bonchev–Trinajstić information content (AvgIpc) is 2.64. The van der Waals surface area contributed by atoms with E-state index in [1.165, 1.54) is 5.69 Å². The number of ether oxygens (including phenoxy) is 1. The van der Waals surface area contributed by atoms with Gasteiger partial charge in [0.15, 0.2) is 0 Å². The molecule has 2 atom stereocenters. The lowest BCUT2D eigenvalue weighted by atomic mass is 10.1. The maximum Gasteiger partial charge on any atom is 0.0761 e. The van der Waals surface area contributed by atoms with Crippen LogP contribution < -0.4 is 4.90 Å². The largest absolute Gasteiger partial charge is 0.389 e. The molecule has 1 aromatic rings. The van der Waals surface area contributed by atoms with Gasteiger partial charge in [-0.2, -0.15) is 0 Å². The molecule has 1 unspecified atom stereocenters. The molecule has 0 amide bonds. The van der Waals surface area contributed by atoms with Gasteiger partial charge in [-0.3, -0.25) is 0 Å². The van der Waals surface area contributed by atoms with Crippen molar-refractivity contribution in [1.29, 1.82) is 0 Å². The molecule has 1 aliphatic rings. The Labute approximate surface area is 109 Å². The Balaban J connectivity index is 2.09. The highest BCUT2D eigenvalue weighted by Crippen LogP contribution is 2.21. The highest BCUT2D eigenvalue weighted by Gasteiger charge is 2.17. The van der Waals surface area contributed by atoms with Crippen LogP contribution in [0.5, 0.6) is 0 Å². The molecule has 1 fully saturated rings. The van der Waals surface area contributed by atoms with Gasteiger partial charge < -0.3 is 14.7 Å². The number of anilines is 1. The van der Waals surface area contributed by atoms with E-state index in [-0.39, 0.29) is 0 Å². The summed E-state index contributed by atoms with van der Waals surface area (Å²) in [5.74, 6) is 0. The zero-order chi connectivity index (χ0) is 13.0. The minimum Gasteiger partial charge on any atom is -0.389 e. The third kappa shape index (κ3) is 3.24. The van der Waals surface area contributed by atoms with Gasteiger partial charge in [0.25, 0.3) is 0 Å². The van der Waals surface area contributed by atoms with Crippen LogP contribution in [0.15, 0.2) is 24.3 Å². The van der Waals surface area contributed by atoms with Crippen LogP contribution in [0.4, 0.5) is 5.69 Å². The van der Waals surface area contributed by atoms with E-state index >= 15 is 0 Å². The third-order valence-electron chi connectivity index (χ3n) is 3.55. The number of aliphatic hydroxyl groups is 1. The summed E-state index contributed by atoms with van der Waals surface area (Å²) in [5, 5.41) is 9.52. The lowest BCUT2D eigenvalue weighted by molar-refractivity contribution is 0.0664. The first-order chi connectivity index (χ1) is 8.70. The van der Waals surface area contributed by atoms with Crippen molar-refractivity contribution in [2.24, 2.45) is 0 Å². The Kier molecular flexibility index (Phi) is 4.61. The summed E-state index contributed by atoms with van der Waals surface area (Å²) >= 11 is 0. The molecule has 0 spiro atoms. The second kappa shape index (κ2) is 6.21. The Morgan fingerprint density at radius 2 is 2.11 bits per heavy atom. The molecule has 1 N–H and O–H groups in total. The molecule has 0 aromatic heterocycles. The standard InChI is InChI=1S/C15H23NO2/c1-3-15-11-16(9-4-10-18-15)14-7-5-13(6-8-14)12(2)17/h5-8,12,15,17H,3-4,9-11H2,1-2H3/t12-,15?/m1/s1. The molecule has 100 valence electrons. The minimum atomic E-state index is -0.394. The molecule has 0 aliphatic carbocycles. The monoisotopic (exact) mass is 249 g/mol. The second-order valence-corrected chi connectivity index (χ2v) is 4.97. The van der Waals surface area contributed by atoms with Gasteiger partial charge in [-0.1, -0.05) is 19.1 Å². The van der Waals surface area contributed by atoms with E-state index in [2.05, 4.69) is 24.0 Å². The van der Waals surface area contributed by atoms with E-state index < -0.39 is 6.10 Å². The van der Waals surface area contributed by atoms with Gasteiger partial charge in [0.05, 0.1) is 12.2 Å². The Hall–Kier alpha value is -1.06. The van der Waals surface area contributed by atoms with Crippen LogP contribution in [0, 0.1) is 0 Å². The Bertz CT molecular complexity index is 361. The molecule has 0 bridgehead atoms. The van der Waals surface area contributed by atoms with E-state index in [0.717, 1.165) is 38.1 Å². The molecule has 1 heterocycles. The fourth-order valence-corrected chi connectivity index (χ4v) is 2.34. The molecule has 1 saturated heterocycles. The number of nitrogens with zero attached hydrogens (tertiary/aromatic N) is 1. The number of hydrogen-bond donors (Lipinski definition) is 1. The van der Waals surface area contributed by atoms with Crippen molar-refractivity contribution < 1.29 is 9.84 Å². The van der Waals surface area contributed by atoms with Crippen molar-refractivity contribution in [3.63, 3.8) is 0 Å². The van der Waals surface area contributed by atoms with E-state index in [4.69, 9.17) is 4.74 Å². The predicted molar refractivity (Wildman–Crippen MR) is 73.9 cm³/mol. The van der Waals surface area contributed by atoms with Crippen molar-refractivity contribution in [1.82, 2.24) is 0 Å². The molecular formula is C15H23NO2. The summed E-state index contributed by atoms with van der Waals surface area (Å²) in [4.78, 5) is 2.38. The summed E-state index contributed by atoms with van der Waals surface area (Å²) in [6.45, 7) is 6.84. The quantitative estimate of drug-likeness (QED) is 0.894. The van der Waals surface area contributed by atoms with Gasteiger partial charge in [0.1, 0.15) is 0 Å². The fourth-order valence-electron chi connectivity index (χ4n) is 2.34. The minimum absolute atomic E-state index is 0.337. The van der Waals surface area contributed by atoms with Crippen molar-refractivity contribution in [3.05, 3.63) is 29.8 Å². The summed E-state index contributed by atoms with van der Waals surface area (Å²) in [5.41, 5.74) is 2.19. The first kappa shape index (κ1) is 13.4. The lowest BCUT2D eigenvalue weighted by Gasteiger charge is -2.25. The van der Waals surface area contributed by atoms with E-state index in [0.29, 0.717) is 6.10 Å². The number of benzene rings is 1. The summed E-state index contributed by atoms with van der Waals surface area (Å²) in [7, 11) is 0. The maximum atomic E-state index is 9.52. The zero-order valence-electron chi connectivity index (χ0n) is 11.3. The van der Waals surface area contributed by atoms with E-state index in [1.54, 1.807) is 6.92 Å².